The second kappa shape index (κ2) is 6.95. The molecule has 0 radical (unpaired) electrons. The van der Waals surface area contributed by atoms with Crippen LogP contribution in [-0.4, -0.2) is 18.6 Å². The molecule has 0 amide bonds. The van der Waals surface area contributed by atoms with Gasteiger partial charge in [-0.05, 0) is 56.5 Å². The molecule has 1 saturated carbocycles. The number of rotatable bonds is 6. The van der Waals surface area contributed by atoms with E-state index in [1.54, 1.807) is 0 Å². The van der Waals surface area contributed by atoms with Crippen molar-refractivity contribution < 1.29 is 4.74 Å². The first-order valence-corrected chi connectivity index (χ1v) is 8.47. The van der Waals surface area contributed by atoms with Crippen LogP contribution in [0.3, 0.4) is 0 Å². The maximum Gasteiger partial charge on any atom is 0.193 e. The summed E-state index contributed by atoms with van der Waals surface area (Å²) in [6.07, 6.45) is 2.52. The van der Waals surface area contributed by atoms with Crippen LogP contribution in [0.2, 0.25) is 0 Å². The van der Waals surface area contributed by atoms with Gasteiger partial charge >= 0.3 is 0 Å². The monoisotopic (exact) mass is 323 g/mol. The number of hydrogen-bond donors (Lipinski definition) is 2. The molecule has 0 aliphatic heterocycles. The molecule has 4 heteroatoms. The van der Waals surface area contributed by atoms with E-state index in [4.69, 9.17) is 10.5 Å². The maximum absolute atomic E-state index is 6.05. The highest BCUT2D eigenvalue weighted by Crippen LogP contribution is 2.48. The van der Waals surface area contributed by atoms with Crippen LogP contribution in [0.25, 0.3) is 0 Å². The van der Waals surface area contributed by atoms with Crippen molar-refractivity contribution >= 4 is 11.6 Å². The normalized spacial score (nSPS) is 16.0. The Morgan fingerprint density at radius 3 is 2.38 bits per heavy atom. The van der Waals surface area contributed by atoms with Gasteiger partial charge in [-0.3, -0.25) is 4.99 Å². The zero-order valence-electron chi connectivity index (χ0n) is 14.3. The highest BCUT2D eigenvalue weighted by Gasteiger charge is 2.43. The van der Waals surface area contributed by atoms with Crippen molar-refractivity contribution in [2.75, 3.05) is 11.9 Å². The second-order valence-electron chi connectivity index (χ2n) is 6.66. The van der Waals surface area contributed by atoms with Gasteiger partial charge in [0.25, 0.3) is 0 Å². The Bertz CT molecular complexity index is 689. The van der Waals surface area contributed by atoms with Gasteiger partial charge < -0.3 is 15.8 Å². The van der Waals surface area contributed by atoms with Crippen molar-refractivity contribution in [3.63, 3.8) is 0 Å². The Hall–Kier alpha value is -2.49. The average Bonchev–Trinajstić information content (AvgIpc) is 3.37. The summed E-state index contributed by atoms with van der Waals surface area (Å²) in [5.74, 6) is 1.31. The lowest BCUT2D eigenvalue weighted by Crippen LogP contribution is -2.24. The van der Waals surface area contributed by atoms with Gasteiger partial charge in [-0.15, -0.1) is 0 Å². The van der Waals surface area contributed by atoms with Crippen LogP contribution in [0.1, 0.15) is 32.3 Å². The van der Waals surface area contributed by atoms with Gasteiger partial charge in [0.1, 0.15) is 5.75 Å². The molecule has 2 aromatic carbocycles. The van der Waals surface area contributed by atoms with Crippen LogP contribution in [0.4, 0.5) is 5.69 Å². The molecule has 0 atom stereocenters. The molecule has 0 bridgehead atoms. The molecule has 2 aromatic rings. The minimum absolute atomic E-state index is 0.170. The summed E-state index contributed by atoms with van der Waals surface area (Å²) in [5.41, 5.74) is 8.50. The van der Waals surface area contributed by atoms with E-state index in [0.717, 1.165) is 18.0 Å². The van der Waals surface area contributed by atoms with Crippen LogP contribution in [0.15, 0.2) is 59.6 Å². The van der Waals surface area contributed by atoms with E-state index in [2.05, 4.69) is 34.6 Å². The highest BCUT2D eigenvalue weighted by molar-refractivity contribution is 5.92. The summed E-state index contributed by atoms with van der Waals surface area (Å²) in [7, 11) is 0. The van der Waals surface area contributed by atoms with Gasteiger partial charge in [0.15, 0.2) is 5.96 Å². The van der Waals surface area contributed by atoms with Crippen LogP contribution in [-0.2, 0) is 5.41 Å². The molecule has 24 heavy (non-hydrogen) atoms. The van der Waals surface area contributed by atoms with Crippen LogP contribution in [0, 0.1) is 0 Å². The summed E-state index contributed by atoms with van der Waals surface area (Å²) in [4.78, 5) is 4.55. The zero-order chi connectivity index (χ0) is 17.0. The third-order valence-electron chi connectivity index (χ3n) is 4.29. The predicted octanol–water partition coefficient (Wildman–Crippen LogP) is 3.93. The fraction of sp³-hybridized carbons (Fsp3) is 0.350. The Labute approximate surface area is 143 Å². The molecule has 1 fully saturated rings. The van der Waals surface area contributed by atoms with E-state index in [0.29, 0.717) is 5.96 Å². The molecule has 126 valence electrons. The third kappa shape index (κ3) is 4.07. The summed E-state index contributed by atoms with van der Waals surface area (Å²) >= 11 is 0. The van der Waals surface area contributed by atoms with Gasteiger partial charge in [-0.25, -0.2) is 0 Å². The van der Waals surface area contributed by atoms with E-state index in [1.807, 2.05) is 44.2 Å². The number of guanidine groups is 1. The summed E-state index contributed by atoms with van der Waals surface area (Å²) in [6.45, 7) is 4.75. The van der Waals surface area contributed by atoms with Crippen LogP contribution in [0.5, 0.6) is 5.75 Å². The Morgan fingerprint density at radius 2 is 1.79 bits per heavy atom. The predicted molar refractivity (Wildman–Crippen MR) is 99.7 cm³/mol. The summed E-state index contributed by atoms with van der Waals surface area (Å²) in [6, 6.07) is 18.3. The smallest absolute Gasteiger partial charge is 0.193 e. The number of nitrogens with two attached hydrogens (primary N) is 1. The van der Waals surface area contributed by atoms with E-state index >= 15 is 0 Å². The molecule has 0 aromatic heterocycles. The molecular weight excluding hydrogens is 298 g/mol. The van der Waals surface area contributed by atoms with Gasteiger partial charge in [0.2, 0.25) is 0 Å². The lowest BCUT2D eigenvalue weighted by Gasteiger charge is -2.14. The number of anilines is 1. The van der Waals surface area contributed by atoms with E-state index in [-0.39, 0.29) is 11.5 Å². The minimum Gasteiger partial charge on any atom is -0.491 e. The molecule has 4 nitrogen and oxygen atoms in total. The van der Waals surface area contributed by atoms with Gasteiger partial charge in [0.05, 0.1) is 12.6 Å². The lowest BCUT2D eigenvalue weighted by atomic mass is 9.96. The molecule has 0 unspecified atom stereocenters. The fourth-order valence-corrected chi connectivity index (χ4v) is 2.79. The second-order valence-corrected chi connectivity index (χ2v) is 6.66. The van der Waals surface area contributed by atoms with E-state index in [1.165, 1.54) is 18.4 Å². The van der Waals surface area contributed by atoms with E-state index < -0.39 is 0 Å². The summed E-state index contributed by atoms with van der Waals surface area (Å²) < 4.78 is 5.63. The van der Waals surface area contributed by atoms with Crippen molar-refractivity contribution in [2.24, 2.45) is 10.7 Å². The largest absolute Gasteiger partial charge is 0.491 e. The lowest BCUT2D eigenvalue weighted by molar-refractivity contribution is 0.242. The number of nitrogens with zero attached hydrogens (tertiary/aromatic N) is 1. The molecule has 1 aliphatic carbocycles. The Kier molecular flexibility index (Phi) is 4.74. The van der Waals surface area contributed by atoms with Gasteiger partial charge in [-0.1, -0.05) is 30.3 Å². The first kappa shape index (κ1) is 16.4. The van der Waals surface area contributed by atoms with E-state index in [9.17, 15) is 0 Å². The number of benzene rings is 2. The van der Waals surface area contributed by atoms with Crippen molar-refractivity contribution in [1.82, 2.24) is 0 Å². The van der Waals surface area contributed by atoms with Crippen molar-refractivity contribution in [3.05, 3.63) is 60.2 Å². The number of nitrogens with one attached hydrogen (secondary N) is 1. The van der Waals surface area contributed by atoms with Crippen molar-refractivity contribution in [2.45, 2.75) is 38.2 Å². The molecule has 3 rings (SSSR count). The maximum atomic E-state index is 6.05. The molecule has 3 N–H and O–H groups in total. The number of aliphatic imine (C=N–C) groups is 1. The van der Waals surface area contributed by atoms with Gasteiger partial charge in [-0.2, -0.15) is 0 Å². The first-order chi connectivity index (χ1) is 11.6. The SMILES string of the molecule is CC(C)Oc1ccc(NC(N)=NCC2(c3ccccc3)CC2)cc1. The summed E-state index contributed by atoms with van der Waals surface area (Å²) in [5, 5.41) is 3.15. The first-order valence-electron chi connectivity index (χ1n) is 8.47. The standard InChI is InChI=1S/C20H25N3O/c1-15(2)24-18-10-8-17(9-11-18)23-19(21)22-14-20(12-13-20)16-6-4-3-5-7-16/h3-11,15H,12-14H2,1-2H3,(H3,21,22,23). The molecular formula is C20H25N3O. The Balaban J connectivity index is 1.59. The van der Waals surface area contributed by atoms with Gasteiger partial charge in [0, 0.05) is 11.1 Å². The Morgan fingerprint density at radius 1 is 1.12 bits per heavy atom. The van der Waals surface area contributed by atoms with Crippen molar-refractivity contribution in [3.8, 4) is 5.75 Å². The number of ether oxygens (including phenoxy) is 1. The topological polar surface area (TPSA) is 59.6 Å². The quantitative estimate of drug-likeness (QED) is 0.625. The molecule has 1 aliphatic rings. The average molecular weight is 323 g/mol. The highest BCUT2D eigenvalue weighted by atomic mass is 16.5. The van der Waals surface area contributed by atoms with Crippen LogP contribution >= 0.6 is 0 Å². The molecule has 0 spiro atoms. The van der Waals surface area contributed by atoms with Crippen molar-refractivity contribution in [1.29, 1.82) is 0 Å². The van der Waals surface area contributed by atoms with Crippen LogP contribution < -0.4 is 15.8 Å². The minimum atomic E-state index is 0.170. The molecule has 0 saturated heterocycles. The fourth-order valence-electron chi connectivity index (χ4n) is 2.79. The molecule has 0 heterocycles. The zero-order valence-corrected chi connectivity index (χ0v) is 14.3. The third-order valence-corrected chi connectivity index (χ3v) is 4.29. The number of hydrogen-bond acceptors (Lipinski definition) is 2.